The van der Waals surface area contributed by atoms with E-state index in [4.69, 9.17) is 11.6 Å². The van der Waals surface area contributed by atoms with Crippen molar-refractivity contribution in [3.63, 3.8) is 0 Å². The van der Waals surface area contributed by atoms with Crippen molar-refractivity contribution >= 4 is 29.3 Å². The number of amides is 1. The van der Waals surface area contributed by atoms with Gasteiger partial charge >= 0.3 is 0 Å². The Labute approximate surface area is 136 Å². The molecule has 1 aliphatic rings. The van der Waals surface area contributed by atoms with Gasteiger partial charge in [0.25, 0.3) is 0 Å². The number of thioether (sulfide) groups is 1. The summed E-state index contributed by atoms with van der Waals surface area (Å²) in [5, 5.41) is 3.97. The lowest BCUT2D eigenvalue weighted by Gasteiger charge is -2.32. The third-order valence-electron chi connectivity index (χ3n) is 3.75. The third-order valence-corrected chi connectivity index (χ3v) is 4.97. The van der Waals surface area contributed by atoms with Crippen LogP contribution < -0.4 is 5.32 Å². The smallest absolute Gasteiger partial charge is 0.232 e. The molecule has 0 aromatic heterocycles. The van der Waals surface area contributed by atoms with Gasteiger partial charge in [0.2, 0.25) is 5.91 Å². The fraction of sp³-hybridized carbons (Fsp3) is 0.562. The summed E-state index contributed by atoms with van der Waals surface area (Å²) >= 11 is 7.63. The Kier molecular flexibility index (Phi) is 6.87. The molecular weight excluding hydrogens is 304 g/mol. The molecule has 1 unspecified atom stereocenters. The highest BCUT2D eigenvalue weighted by Gasteiger charge is 2.22. The maximum absolute atomic E-state index is 12.3. The van der Waals surface area contributed by atoms with Gasteiger partial charge in [0.15, 0.2) is 0 Å². The summed E-state index contributed by atoms with van der Waals surface area (Å²) in [6.45, 7) is 2.81. The molecule has 1 fully saturated rings. The Morgan fingerprint density at radius 1 is 1.52 bits per heavy atom. The number of nitrogens with one attached hydrogen (secondary N) is 1. The molecule has 1 saturated heterocycles. The van der Waals surface area contributed by atoms with Crippen LogP contribution in [0, 0.1) is 5.92 Å². The molecule has 0 spiro atoms. The van der Waals surface area contributed by atoms with Crippen molar-refractivity contribution < 1.29 is 4.79 Å². The van der Waals surface area contributed by atoms with E-state index >= 15 is 0 Å². The Balaban J connectivity index is 1.74. The third kappa shape index (κ3) is 5.53. The van der Waals surface area contributed by atoms with E-state index in [0.29, 0.717) is 11.7 Å². The highest BCUT2D eigenvalue weighted by Crippen LogP contribution is 2.19. The fourth-order valence-electron chi connectivity index (χ4n) is 2.72. The second-order valence-electron chi connectivity index (χ2n) is 5.53. The molecule has 0 saturated carbocycles. The first kappa shape index (κ1) is 16.7. The standard InChI is InChI=1S/C16H23ClN2OS/c1-18-9-14-5-3-7-19(10-14)16(20)12-21-11-13-4-2-6-15(17)8-13/h2,4,6,8,14,18H,3,5,7,9-12H2,1H3. The first-order valence-corrected chi connectivity index (χ1v) is 8.97. The van der Waals surface area contributed by atoms with E-state index in [2.05, 4.69) is 5.32 Å². The van der Waals surface area contributed by atoms with Gasteiger partial charge in [-0.05, 0) is 50.0 Å². The van der Waals surface area contributed by atoms with Gasteiger partial charge in [-0.3, -0.25) is 4.79 Å². The van der Waals surface area contributed by atoms with E-state index in [0.717, 1.165) is 36.8 Å². The van der Waals surface area contributed by atoms with Crippen molar-refractivity contribution in [2.45, 2.75) is 18.6 Å². The number of likely N-dealkylation sites (tertiary alicyclic amines) is 1. The summed E-state index contributed by atoms with van der Waals surface area (Å²) in [7, 11) is 1.97. The van der Waals surface area contributed by atoms with Crippen molar-refractivity contribution in [3.05, 3.63) is 34.9 Å². The summed E-state index contributed by atoms with van der Waals surface area (Å²) in [4.78, 5) is 14.3. The molecule has 2 rings (SSSR count). The summed E-state index contributed by atoms with van der Waals surface area (Å²) < 4.78 is 0. The molecule has 3 nitrogen and oxygen atoms in total. The van der Waals surface area contributed by atoms with Gasteiger partial charge in [-0.15, -0.1) is 11.8 Å². The number of carbonyl (C=O) groups is 1. The van der Waals surface area contributed by atoms with Gasteiger partial charge in [-0.2, -0.15) is 0 Å². The van der Waals surface area contributed by atoms with Crippen LogP contribution in [0.1, 0.15) is 18.4 Å². The van der Waals surface area contributed by atoms with E-state index in [1.807, 2.05) is 36.2 Å². The number of halogens is 1. The van der Waals surface area contributed by atoms with E-state index in [9.17, 15) is 4.79 Å². The number of piperidine rings is 1. The predicted octanol–water partition coefficient (Wildman–Crippen LogP) is 3.03. The molecule has 1 aliphatic heterocycles. The zero-order valence-electron chi connectivity index (χ0n) is 12.5. The predicted molar refractivity (Wildman–Crippen MR) is 90.8 cm³/mol. The zero-order chi connectivity index (χ0) is 15.1. The van der Waals surface area contributed by atoms with Crippen molar-refractivity contribution in [1.82, 2.24) is 10.2 Å². The molecule has 21 heavy (non-hydrogen) atoms. The maximum Gasteiger partial charge on any atom is 0.232 e. The largest absolute Gasteiger partial charge is 0.342 e. The minimum atomic E-state index is 0.267. The van der Waals surface area contributed by atoms with Crippen molar-refractivity contribution in [2.75, 3.05) is 32.4 Å². The summed E-state index contributed by atoms with van der Waals surface area (Å²) in [6, 6.07) is 7.83. The summed E-state index contributed by atoms with van der Waals surface area (Å²) in [5.41, 5.74) is 1.17. The summed E-state index contributed by atoms with van der Waals surface area (Å²) in [6.07, 6.45) is 2.34. The number of nitrogens with zero attached hydrogens (tertiary/aromatic N) is 1. The van der Waals surface area contributed by atoms with E-state index in [1.54, 1.807) is 11.8 Å². The molecule has 1 aromatic carbocycles. The Hall–Kier alpha value is -0.710. The van der Waals surface area contributed by atoms with Gasteiger partial charge in [0, 0.05) is 23.9 Å². The van der Waals surface area contributed by atoms with Crippen molar-refractivity contribution in [3.8, 4) is 0 Å². The monoisotopic (exact) mass is 326 g/mol. The van der Waals surface area contributed by atoms with Gasteiger partial charge in [0.1, 0.15) is 0 Å². The lowest BCUT2D eigenvalue weighted by atomic mass is 9.98. The molecule has 0 aliphatic carbocycles. The topological polar surface area (TPSA) is 32.3 Å². The minimum absolute atomic E-state index is 0.267. The van der Waals surface area contributed by atoms with Crippen molar-refractivity contribution in [2.24, 2.45) is 5.92 Å². The van der Waals surface area contributed by atoms with Gasteiger partial charge < -0.3 is 10.2 Å². The highest BCUT2D eigenvalue weighted by molar-refractivity contribution is 7.99. The molecule has 1 amide bonds. The molecule has 1 aromatic rings. The van der Waals surface area contributed by atoms with Crippen LogP contribution in [0.5, 0.6) is 0 Å². The fourth-order valence-corrected chi connectivity index (χ4v) is 3.81. The van der Waals surface area contributed by atoms with E-state index in [-0.39, 0.29) is 5.91 Å². The SMILES string of the molecule is CNCC1CCCN(C(=O)CSCc2cccc(Cl)c2)C1. The van der Waals surface area contributed by atoms with Gasteiger partial charge in [-0.25, -0.2) is 0 Å². The molecule has 116 valence electrons. The van der Waals surface area contributed by atoms with E-state index < -0.39 is 0 Å². The molecule has 1 heterocycles. The number of carbonyl (C=O) groups excluding carboxylic acids is 1. The van der Waals surface area contributed by atoms with Crippen LogP contribution in [0.15, 0.2) is 24.3 Å². The second-order valence-corrected chi connectivity index (χ2v) is 6.95. The average Bonchev–Trinajstić information content (AvgIpc) is 2.48. The molecule has 1 N–H and O–H groups in total. The van der Waals surface area contributed by atoms with Crippen LogP contribution in [0.25, 0.3) is 0 Å². The quantitative estimate of drug-likeness (QED) is 0.872. The van der Waals surface area contributed by atoms with Crippen LogP contribution >= 0.6 is 23.4 Å². The molecule has 5 heteroatoms. The van der Waals surface area contributed by atoms with Gasteiger partial charge in [0.05, 0.1) is 5.75 Å². The molecule has 1 atom stereocenters. The van der Waals surface area contributed by atoms with Crippen molar-refractivity contribution in [1.29, 1.82) is 0 Å². The second kappa shape index (κ2) is 8.66. The van der Waals surface area contributed by atoms with Crippen LogP contribution in [-0.2, 0) is 10.5 Å². The van der Waals surface area contributed by atoms with Crippen LogP contribution in [0.2, 0.25) is 5.02 Å². The number of hydrogen-bond acceptors (Lipinski definition) is 3. The Bertz CT molecular complexity index is 467. The molecular formula is C16H23ClN2OS. The number of rotatable bonds is 6. The average molecular weight is 327 g/mol. The maximum atomic E-state index is 12.3. The Morgan fingerprint density at radius 3 is 3.14 bits per heavy atom. The lowest BCUT2D eigenvalue weighted by Crippen LogP contribution is -2.43. The highest BCUT2D eigenvalue weighted by atomic mass is 35.5. The normalized spacial score (nSPS) is 18.8. The first-order chi connectivity index (χ1) is 10.2. The number of hydrogen-bond donors (Lipinski definition) is 1. The molecule has 0 bridgehead atoms. The first-order valence-electron chi connectivity index (χ1n) is 7.43. The van der Waals surface area contributed by atoms with Crippen LogP contribution in [0.3, 0.4) is 0 Å². The minimum Gasteiger partial charge on any atom is -0.342 e. The number of benzene rings is 1. The zero-order valence-corrected chi connectivity index (χ0v) is 14.1. The van der Waals surface area contributed by atoms with Crippen LogP contribution in [-0.4, -0.2) is 43.2 Å². The molecule has 0 radical (unpaired) electrons. The van der Waals surface area contributed by atoms with Gasteiger partial charge in [-0.1, -0.05) is 23.7 Å². The Morgan fingerprint density at radius 2 is 2.38 bits per heavy atom. The van der Waals surface area contributed by atoms with E-state index in [1.165, 1.54) is 12.0 Å². The summed E-state index contributed by atoms with van der Waals surface area (Å²) in [5.74, 6) is 2.26. The van der Waals surface area contributed by atoms with Crippen LogP contribution in [0.4, 0.5) is 0 Å². The lowest BCUT2D eigenvalue weighted by molar-refractivity contribution is -0.130.